The van der Waals surface area contributed by atoms with Gasteiger partial charge in [0.05, 0.1) is 13.2 Å². The molecule has 0 bridgehead atoms. The van der Waals surface area contributed by atoms with Crippen molar-refractivity contribution >= 4 is 12.2 Å². The maximum Gasteiger partial charge on any atom is 0.195 e. The fourth-order valence-corrected chi connectivity index (χ4v) is 2.21. The van der Waals surface area contributed by atoms with Crippen LogP contribution in [0.4, 0.5) is 0 Å². The molecule has 90 valence electrons. The molecule has 0 amide bonds. The van der Waals surface area contributed by atoms with Gasteiger partial charge in [-0.3, -0.25) is 9.67 Å². The van der Waals surface area contributed by atoms with Crippen LogP contribution in [-0.2, 0) is 0 Å². The summed E-state index contributed by atoms with van der Waals surface area (Å²) in [6, 6.07) is 8.14. The number of aromatic amines is 1. The predicted octanol–water partition coefficient (Wildman–Crippen LogP) is 2.87. The number of nitrogens with one attached hydrogen (secondary N) is 1. The van der Waals surface area contributed by atoms with Crippen LogP contribution >= 0.6 is 12.2 Å². The molecule has 5 heteroatoms. The molecule has 1 aromatic carbocycles. The van der Waals surface area contributed by atoms with E-state index in [0.29, 0.717) is 4.77 Å². The summed E-state index contributed by atoms with van der Waals surface area (Å²) in [5.41, 5.74) is 1.17. The second-order valence-corrected chi connectivity index (χ2v) is 4.28. The molecular weight excluding hydrogens is 234 g/mol. The highest BCUT2D eigenvalue weighted by molar-refractivity contribution is 7.71. The second kappa shape index (κ2) is 4.71. The molecule has 1 N–H and O–H groups in total. The first-order chi connectivity index (χ1) is 8.13. The normalized spacial score (nSPS) is 12.4. The molecule has 2 aromatic rings. The van der Waals surface area contributed by atoms with Crippen molar-refractivity contribution in [2.75, 3.05) is 7.11 Å². The Hall–Kier alpha value is -1.62. The highest BCUT2D eigenvalue weighted by Gasteiger charge is 2.11. The van der Waals surface area contributed by atoms with Crippen LogP contribution in [0.3, 0.4) is 0 Å². The predicted molar refractivity (Wildman–Crippen MR) is 69.0 cm³/mol. The van der Waals surface area contributed by atoms with Gasteiger partial charge in [0.25, 0.3) is 0 Å². The van der Waals surface area contributed by atoms with Crippen molar-refractivity contribution in [1.29, 1.82) is 0 Å². The summed E-state index contributed by atoms with van der Waals surface area (Å²) in [6.45, 7) is 4.03. The van der Waals surface area contributed by atoms with E-state index in [9.17, 15) is 0 Å². The number of aryl methyl sites for hydroxylation is 1. The minimum Gasteiger partial charge on any atom is -0.497 e. The Balaban J connectivity index is 2.37. The zero-order chi connectivity index (χ0) is 12.4. The molecular formula is C12H15N3OS. The molecule has 4 nitrogen and oxygen atoms in total. The third kappa shape index (κ3) is 2.24. The Kier molecular flexibility index (Phi) is 3.28. The summed E-state index contributed by atoms with van der Waals surface area (Å²) in [6.07, 6.45) is 0. The van der Waals surface area contributed by atoms with Crippen LogP contribution in [0.2, 0.25) is 0 Å². The molecule has 0 radical (unpaired) electrons. The van der Waals surface area contributed by atoms with Gasteiger partial charge in [0, 0.05) is 0 Å². The number of H-pyrrole nitrogens is 1. The maximum atomic E-state index is 5.22. The third-order valence-electron chi connectivity index (χ3n) is 2.87. The molecule has 0 aliphatic rings. The van der Waals surface area contributed by atoms with Gasteiger partial charge in [-0.2, -0.15) is 5.10 Å². The van der Waals surface area contributed by atoms with Gasteiger partial charge in [-0.1, -0.05) is 12.1 Å². The molecule has 1 unspecified atom stereocenters. The first-order valence-corrected chi connectivity index (χ1v) is 5.81. The Labute approximate surface area is 105 Å². The lowest BCUT2D eigenvalue weighted by molar-refractivity contribution is 0.414. The van der Waals surface area contributed by atoms with Crippen molar-refractivity contribution in [3.8, 4) is 5.75 Å². The lowest BCUT2D eigenvalue weighted by Crippen LogP contribution is -2.08. The first-order valence-electron chi connectivity index (χ1n) is 5.41. The molecule has 1 atom stereocenters. The topological polar surface area (TPSA) is 42.8 Å². The highest BCUT2D eigenvalue weighted by atomic mass is 32.1. The third-order valence-corrected chi connectivity index (χ3v) is 3.15. The smallest absolute Gasteiger partial charge is 0.195 e. The average Bonchev–Trinajstić information content (AvgIpc) is 2.68. The highest BCUT2D eigenvalue weighted by Crippen LogP contribution is 2.21. The number of rotatable bonds is 3. The molecule has 0 fully saturated rings. The van der Waals surface area contributed by atoms with E-state index in [1.807, 2.05) is 35.8 Å². The lowest BCUT2D eigenvalue weighted by atomic mass is 10.1. The van der Waals surface area contributed by atoms with E-state index < -0.39 is 0 Å². The standard InChI is InChI=1S/C12H15N3OS/c1-8(15-9(2)13-14-12(15)17)10-4-6-11(16-3)7-5-10/h4-8H,1-3H3,(H,14,17). The zero-order valence-electron chi connectivity index (χ0n) is 10.1. The van der Waals surface area contributed by atoms with Crippen LogP contribution in [0.1, 0.15) is 24.4 Å². The molecule has 17 heavy (non-hydrogen) atoms. The van der Waals surface area contributed by atoms with Gasteiger partial charge in [-0.25, -0.2) is 0 Å². The number of aromatic nitrogens is 3. The molecule has 2 rings (SSSR count). The fourth-order valence-electron chi connectivity index (χ4n) is 1.87. The summed E-state index contributed by atoms with van der Waals surface area (Å²) in [4.78, 5) is 0. The summed E-state index contributed by atoms with van der Waals surface area (Å²) in [5.74, 6) is 1.74. The van der Waals surface area contributed by atoms with Crippen LogP contribution in [0, 0.1) is 11.7 Å². The molecule has 1 heterocycles. The largest absolute Gasteiger partial charge is 0.497 e. The van der Waals surface area contributed by atoms with Gasteiger partial charge in [0.1, 0.15) is 11.6 Å². The van der Waals surface area contributed by atoms with E-state index in [0.717, 1.165) is 11.6 Å². The van der Waals surface area contributed by atoms with Crippen molar-refractivity contribution < 1.29 is 4.74 Å². The number of methoxy groups -OCH3 is 1. The van der Waals surface area contributed by atoms with Crippen LogP contribution in [0.15, 0.2) is 24.3 Å². The van der Waals surface area contributed by atoms with Crippen LogP contribution in [0.25, 0.3) is 0 Å². The number of hydrogen-bond donors (Lipinski definition) is 1. The van der Waals surface area contributed by atoms with Gasteiger partial charge in [0.15, 0.2) is 4.77 Å². The van der Waals surface area contributed by atoms with Crippen LogP contribution in [-0.4, -0.2) is 21.9 Å². The summed E-state index contributed by atoms with van der Waals surface area (Å²) in [7, 11) is 1.66. The minimum atomic E-state index is 0.159. The van der Waals surface area contributed by atoms with Gasteiger partial charge in [-0.05, 0) is 43.8 Å². The van der Waals surface area contributed by atoms with E-state index in [2.05, 4.69) is 17.1 Å². The summed E-state index contributed by atoms with van der Waals surface area (Å²) in [5, 5.41) is 6.92. The van der Waals surface area contributed by atoms with Gasteiger partial charge >= 0.3 is 0 Å². The summed E-state index contributed by atoms with van der Waals surface area (Å²) < 4.78 is 7.78. The second-order valence-electron chi connectivity index (χ2n) is 3.90. The molecule has 0 saturated heterocycles. The quantitative estimate of drug-likeness (QED) is 0.851. The molecule has 0 saturated carbocycles. The number of nitrogens with zero attached hydrogens (tertiary/aromatic N) is 2. The molecule has 1 aromatic heterocycles. The Morgan fingerprint density at radius 3 is 2.47 bits per heavy atom. The molecule has 0 spiro atoms. The van der Waals surface area contributed by atoms with Crippen molar-refractivity contribution in [3.63, 3.8) is 0 Å². The lowest BCUT2D eigenvalue weighted by Gasteiger charge is -2.15. The van der Waals surface area contributed by atoms with Crippen molar-refractivity contribution in [3.05, 3.63) is 40.4 Å². The first kappa shape index (κ1) is 11.9. The Morgan fingerprint density at radius 1 is 1.35 bits per heavy atom. The van der Waals surface area contributed by atoms with E-state index in [1.54, 1.807) is 7.11 Å². The van der Waals surface area contributed by atoms with Gasteiger partial charge in [-0.15, -0.1) is 0 Å². The van der Waals surface area contributed by atoms with E-state index in [1.165, 1.54) is 5.56 Å². The van der Waals surface area contributed by atoms with E-state index in [-0.39, 0.29) is 6.04 Å². The van der Waals surface area contributed by atoms with Crippen LogP contribution in [0.5, 0.6) is 5.75 Å². The van der Waals surface area contributed by atoms with Crippen molar-refractivity contribution in [2.24, 2.45) is 0 Å². The fraction of sp³-hybridized carbons (Fsp3) is 0.333. The monoisotopic (exact) mass is 249 g/mol. The summed E-state index contributed by atoms with van der Waals surface area (Å²) >= 11 is 5.22. The zero-order valence-corrected chi connectivity index (χ0v) is 10.9. The average molecular weight is 249 g/mol. The Morgan fingerprint density at radius 2 is 2.00 bits per heavy atom. The van der Waals surface area contributed by atoms with Crippen LogP contribution < -0.4 is 4.74 Å². The number of hydrogen-bond acceptors (Lipinski definition) is 3. The van der Waals surface area contributed by atoms with E-state index in [4.69, 9.17) is 17.0 Å². The minimum absolute atomic E-state index is 0.159. The molecule has 0 aliphatic carbocycles. The van der Waals surface area contributed by atoms with Gasteiger partial charge in [0.2, 0.25) is 0 Å². The van der Waals surface area contributed by atoms with Crippen molar-refractivity contribution in [1.82, 2.24) is 14.8 Å². The Bertz CT molecular complexity index is 556. The number of ether oxygens (including phenoxy) is 1. The van der Waals surface area contributed by atoms with E-state index >= 15 is 0 Å². The van der Waals surface area contributed by atoms with Crippen molar-refractivity contribution in [2.45, 2.75) is 19.9 Å². The van der Waals surface area contributed by atoms with Gasteiger partial charge < -0.3 is 4.74 Å². The molecule has 0 aliphatic heterocycles. The number of benzene rings is 1. The SMILES string of the molecule is COc1ccc(C(C)n2c(C)n[nH]c2=S)cc1. The maximum absolute atomic E-state index is 5.22.